The van der Waals surface area contributed by atoms with Crippen molar-refractivity contribution in [2.75, 3.05) is 31.1 Å². The van der Waals surface area contributed by atoms with Crippen LogP contribution in [0.4, 0.5) is 5.82 Å². The van der Waals surface area contributed by atoms with E-state index in [1.54, 1.807) is 10.8 Å². The van der Waals surface area contributed by atoms with Gasteiger partial charge in [0.25, 0.3) is 0 Å². The van der Waals surface area contributed by atoms with Crippen LogP contribution in [0.1, 0.15) is 17.0 Å². The number of amides is 1. The lowest BCUT2D eigenvalue weighted by atomic mass is 9.90. The molecule has 30 heavy (non-hydrogen) atoms. The van der Waals surface area contributed by atoms with E-state index in [1.807, 2.05) is 77.7 Å². The van der Waals surface area contributed by atoms with Crippen LogP contribution < -0.4 is 4.90 Å². The van der Waals surface area contributed by atoms with Crippen molar-refractivity contribution in [3.8, 4) is 0 Å². The minimum Gasteiger partial charge on any atom is -0.352 e. The zero-order valence-electron chi connectivity index (χ0n) is 16.5. The molecule has 0 atom stereocenters. The van der Waals surface area contributed by atoms with Gasteiger partial charge in [-0.05, 0) is 23.3 Å². The molecule has 1 aliphatic heterocycles. The van der Waals surface area contributed by atoms with Crippen LogP contribution in [0.5, 0.6) is 0 Å². The van der Waals surface area contributed by atoms with Crippen molar-refractivity contribution in [2.45, 2.75) is 5.92 Å². The van der Waals surface area contributed by atoms with E-state index in [0.717, 1.165) is 35.7 Å². The molecule has 5 rings (SSSR count). The summed E-state index contributed by atoms with van der Waals surface area (Å²) >= 11 is 0. The molecule has 0 saturated carbocycles. The maximum atomic E-state index is 13.6. The van der Waals surface area contributed by atoms with Crippen LogP contribution in [-0.2, 0) is 4.79 Å². The van der Waals surface area contributed by atoms with Crippen LogP contribution in [0.25, 0.3) is 5.65 Å². The highest BCUT2D eigenvalue weighted by molar-refractivity contribution is 5.87. The normalized spacial score (nSPS) is 14.4. The maximum Gasteiger partial charge on any atom is 0.234 e. The summed E-state index contributed by atoms with van der Waals surface area (Å²) in [5, 5.41) is 12.4. The van der Waals surface area contributed by atoms with Gasteiger partial charge in [0.2, 0.25) is 5.91 Å². The van der Waals surface area contributed by atoms with E-state index in [9.17, 15) is 4.79 Å². The van der Waals surface area contributed by atoms with Crippen LogP contribution in [0.2, 0.25) is 0 Å². The molecule has 7 heteroatoms. The molecule has 1 amide bonds. The van der Waals surface area contributed by atoms with Gasteiger partial charge in [0.05, 0.1) is 5.92 Å². The average Bonchev–Trinajstić information content (AvgIpc) is 3.29. The van der Waals surface area contributed by atoms with Crippen LogP contribution in [0.3, 0.4) is 0 Å². The van der Waals surface area contributed by atoms with Crippen LogP contribution in [0, 0.1) is 0 Å². The number of fused-ring (bicyclic) bond motifs is 1. The number of hydrogen-bond acceptors (Lipinski definition) is 5. The van der Waals surface area contributed by atoms with E-state index in [4.69, 9.17) is 0 Å². The summed E-state index contributed by atoms with van der Waals surface area (Å²) in [6.45, 7) is 2.80. The topological polar surface area (TPSA) is 66.6 Å². The Balaban J connectivity index is 1.34. The van der Waals surface area contributed by atoms with E-state index in [0.29, 0.717) is 13.1 Å². The highest BCUT2D eigenvalue weighted by Crippen LogP contribution is 2.27. The first-order chi connectivity index (χ1) is 14.8. The third-order valence-electron chi connectivity index (χ3n) is 5.58. The lowest BCUT2D eigenvalue weighted by Gasteiger charge is -2.37. The molecule has 4 aromatic rings. The molecule has 2 aromatic carbocycles. The standard InChI is InChI=1S/C23H22N6O/c30-23(22(18-7-3-1-4-8-18)19-9-5-2-6-10-19)28-15-13-27(14-16-28)21-12-11-20-25-24-17-29(20)26-21/h1-12,17,22H,13-16H2. The summed E-state index contributed by atoms with van der Waals surface area (Å²) in [5.74, 6) is 0.733. The molecule has 0 N–H and O–H groups in total. The second-order valence-electron chi connectivity index (χ2n) is 7.39. The van der Waals surface area contributed by atoms with Gasteiger partial charge in [-0.1, -0.05) is 60.7 Å². The molecule has 2 aromatic heterocycles. The van der Waals surface area contributed by atoms with Gasteiger partial charge in [0.15, 0.2) is 5.65 Å². The largest absolute Gasteiger partial charge is 0.352 e. The van der Waals surface area contributed by atoms with Crippen molar-refractivity contribution in [3.63, 3.8) is 0 Å². The molecule has 0 aliphatic carbocycles. The Labute approximate surface area is 174 Å². The highest BCUT2D eigenvalue weighted by atomic mass is 16.2. The maximum absolute atomic E-state index is 13.6. The first-order valence-electron chi connectivity index (χ1n) is 10.1. The minimum atomic E-state index is -0.287. The highest BCUT2D eigenvalue weighted by Gasteiger charge is 2.30. The summed E-state index contributed by atoms with van der Waals surface area (Å²) in [6, 6.07) is 23.9. The molecule has 1 saturated heterocycles. The van der Waals surface area contributed by atoms with Crippen molar-refractivity contribution in [3.05, 3.63) is 90.3 Å². The van der Waals surface area contributed by atoms with Crippen molar-refractivity contribution in [1.82, 2.24) is 24.7 Å². The molecule has 0 radical (unpaired) electrons. The summed E-state index contributed by atoms with van der Waals surface area (Å²) in [4.78, 5) is 17.7. The number of nitrogens with zero attached hydrogens (tertiary/aromatic N) is 6. The number of hydrogen-bond donors (Lipinski definition) is 0. The molecule has 1 fully saturated rings. The molecular formula is C23H22N6O. The van der Waals surface area contributed by atoms with Crippen molar-refractivity contribution in [1.29, 1.82) is 0 Å². The zero-order valence-corrected chi connectivity index (χ0v) is 16.5. The van der Waals surface area contributed by atoms with Crippen LogP contribution in [0.15, 0.2) is 79.1 Å². The Hall–Kier alpha value is -3.74. The fourth-order valence-electron chi connectivity index (χ4n) is 3.99. The Morgan fingerprint density at radius 2 is 1.43 bits per heavy atom. The van der Waals surface area contributed by atoms with E-state index in [1.165, 1.54) is 0 Å². The minimum absolute atomic E-state index is 0.147. The number of aromatic nitrogens is 4. The van der Waals surface area contributed by atoms with Gasteiger partial charge in [-0.15, -0.1) is 15.3 Å². The third-order valence-corrected chi connectivity index (χ3v) is 5.58. The quantitative estimate of drug-likeness (QED) is 0.529. The SMILES string of the molecule is O=C(C(c1ccccc1)c1ccccc1)N1CCN(c2ccc3nncn3n2)CC1. The molecule has 150 valence electrons. The Morgan fingerprint density at radius 3 is 2.07 bits per heavy atom. The van der Waals surface area contributed by atoms with E-state index in [-0.39, 0.29) is 11.8 Å². The Kier molecular flexibility index (Phi) is 4.85. The van der Waals surface area contributed by atoms with Crippen molar-refractivity contribution < 1.29 is 4.79 Å². The predicted octanol–water partition coefficient (Wildman–Crippen LogP) is 2.61. The molecule has 1 aliphatic rings. The molecule has 3 heterocycles. The molecule has 0 bridgehead atoms. The smallest absolute Gasteiger partial charge is 0.234 e. The summed E-state index contributed by atoms with van der Waals surface area (Å²) in [6.07, 6.45) is 1.60. The Bertz CT molecular complexity index is 1100. The van der Waals surface area contributed by atoms with E-state index >= 15 is 0 Å². The summed E-state index contributed by atoms with van der Waals surface area (Å²) < 4.78 is 1.67. The fourth-order valence-corrected chi connectivity index (χ4v) is 3.99. The molecule has 0 spiro atoms. The number of carbonyl (C=O) groups is 1. The van der Waals surface area contributed by atoms with Gasteiger partial charge in [-0.3, -0.25) is 4.79 Å². The van der Waals surface area contributed by atoms with Gasteiger partial charge in [0.1, 0.15) is 12.1 Å². The average molecular weight is 398 g/mol. The predicted molar refractivity (Wildman–Crippen MR) is 114 cm³/mol. The van der Waals surface area contributed by atoms with Crippen LogP contribution >= 0.6 is 0 Å². The summed E-state index contributed by atoms with van der Waals surface area (Å²) in [7, 11) is 0. The number of carbonyl (C=O) groups excluding carboxylic acids is 1. The van der Waals surface area contributed by atoms with Gasteiger partial charge in [-0.2, -0.15) is 4.52 Å². The van der Waals surface area contributed by atoms with Crippen LogP contribution in [-0.4, -0.2) is 56.8 Å². The van der Waals surface area contributed by atoms with Gasteiger partial charge >= 0.3 is 0 Å². The monoisotopic (exact) mass is 398 g/mol. The summed E-state index contributed by atoms with van der Waals surface area (Å²) in [5.41, 5.74) is 2.77. The second kappa shape index (κ2) is 7.94. The molecular weight excluding hydrogens is 376 g/mol. The number of benzene rings is 2. The lowest BCUT2D eigenvalue weighted by molar-refractivity contribution is -0.132. The fraction of sp³-hybridized carbons (Fsp3) is 0.217. The van der Waals surface area contributed by atoms with Gasteiger partial charge in [0, 0.05) is 26.2 Å². The molecule has 0 unspecified atom stereocenters. The Morgan fingerprint density at radius 1 is 0.800 bits per heavy atom. The van der Waals surface area contributed by atoms with Crippen molar-refractivity contribution in [2.24, 2.45) is 0 Å². The second-order valence-corrected chi connectivity index (χ2v) is 7.39. The zero-order chi connectivity index (χ0) is 20.3. The lowest BCUT2D eigenvalue weighted by Crippen LogP contribution is -2.50. The van der Waals surface area contributed by atoms with E-state index in [2.05, 4.69) is 20.2 Å². The van der Waals surface area contributed by atoms with Gasteiger partial charge in [-0.25, -0.2) is 0 Å². The number of piperazine rings is 1. The van der Waals surface area contributed by atoms with E-state index < -0.39 is 0 Å². The van der Waals surface area contributed by atoms with Gasteiger partial charge < -0.3 is 9.80 Å². The number of rotatable bonds is 4. The first kappa shape index (κ1) is 18.3. The van der Waals surface area contributed by atoms with Crippen molar-refractivity contribution >= 4 is 17.4 Å². The number of anilines is 1. The molecule has 7 nitrogen and oxygen atoms in total. The first-order valence-corrected chi connectivity index (χ1v) is 10.1. The third kappa shape index (κ3) is 3.50.